The summed E-state index contributed by atoms with van der Waals surface area (Å²) in [4.78, 5) is 16.4. The molecular weight excluding hydrogens is 344 g/mol. The maximum Gasteiger partial charge on any atom is 0.306 e. The van der Waals surface area contributed by atoms with Gasteiger partial charge in [0, 0.05) is 19.1 Å². The van der Waals surface area contributed by atoms with Crippen molar-refractivity contribution in [1.82, 2.24) is 9.80 Å². The minimum atomic E-state index is -0.128. The van der Waals surface area contributed by atoms with Gasteiger partial charge in [0.15, 0.2) is 0 Å². The Hall–Kier alpha value is -1.79. The number of likely N-dealkylation sites (tertiary alicyclic amines) is 1. The van der Waals surface area contributed by atoms with Crippen LogP contribution in [0.15, 0.2) is 18.2 Å². The van der Waals surface area contributed by atoms with Crippen molar-refractivity contribution < 1.29 is 19.0 Å². The lowest BCUT2D eigenvalue weighted by Crippen LogP contribution is -2.45. The molecule has 27 heavy (non-hydrogen) atoms. The van der Waals surface area contributed by atoms with E-state index in [0.29, 0.717) is 12.5 Å². The van der Waals surface area contributed by atoms with Gasteiger partial charge in [-0.2, -0.15) is 0 Å². The van der Waals surface area contributed by atoms with Crippen LogP contribution in [0, 0.1) is 0 Å². The molecule has 1 heterocycles. The third-order valence-corrected chi connectivity index (χ3v) is 5.33. The van der Waals surface area contributed by atoms with Gasteiger partial charge in [-0.05, 0) is 51.0 Å². The summed E-state index contributed by atoms with van der Waals surface area (Å²) in [7, 11) is 4.86. The molecule has 1 fully saturated rings. The van der Waals surface area contributed by atoms with Crippen molar-refractivity contribution >= 4 is 5.97 Å². The molecular formula is C21H34N2O4. The second-order valence-corrected chi connectivity index (χ2v) is 7.01. The van der Waals surface area contributed by atoms with Crippen molar-refractivity contribution in [3.05, 3.63) is 23.8 Å². The molecule has 0 amide bonds. The van der Waals surface area contributed by atoms with Gasteiger partial charge >= 0.3 is 5.97 Å². The minimum Gasteiger partial charge on any atom is -0.496 e. The van der Waals surface area contributed by atoms with Crippen LogP contribution < -0.4 is 9.47 Å². The van der Waals surface area contributed by atoms with Gasteiger partial charge in [0.05, 0.1) is 33.3 Å². The first-order valence-corrected chi connectivity index (χ1v) is 9.86. The number of esters is 1. The number of piperidine rings is 1. The van der Waals surface area contributed by atoms with E-state index >= 15 is 0 Å². The van der Waals surface area contributed by atoms with Crippen molar-refractivity contribution in [1.29, 1.82) is 0 Å². The van der Waals surface area contributed by atoms with Crippen LogP contribution in [0.2, 0.25) is 0 Å². The fraction of sp³-hybridized carbons (Fsp3) is 0.667. The number of carbonyl (C=O) groups is 1. The summed E-state index contributed by atoms with van der Waals surface area (Å²) in [6.45, 7) is 6.90. The van der Waals surface area contributed by atoms with E-state index in [2.05, 4.69) is 16.7 Å². The van der Waals surface area contributed by atoms with Crippen LogP contribution in [0.25, 0.3) is 0 Å². The van der Waals surface area contributed by atoms with Gasteiger partial charge in [-0.3, -0.25) is 14.6 Å². The lowest BCUT2D eigenvalue weighted by molar-refractivity contribution is -0.141. The predicted octanol–water partition coefficient (Wildman–Crippen LogP) is 2.94. The third kappa shape index (κ3) is 6.11. The Morgan fingerprint density at radius 3 is 2.26 bits per heavy atom. The SMILES string of the molecule is CCCN(CCC(=O)OC)C1CCN(Cc2c(OC)cccc2OC)CC1. The van der Waals surface area contributed by atoms with Gasteiger partial charge in [0.2, 0.25) is 0 Å². The van der Waals surface area contributed by atoms with Crippen LogP contribution in [0.1, 0.15) is 38.2 Å². The third-order valence-electron chi connectivity index (χ3n) is 5.33. The van der Waals surface area contributed by atoms with Crippen molar-refractivity contribution in [2.45, 2.75) is 45.2 Å². The number of hydrogen-bond donors (Lipinski definition) is 0. The Balaban J connectivity index is 1.93. The summed E-state index contributed by atoms with van der Waals surface area (Å²) >= 11 is 0. The van der Waals surface area contributed by atoms with E-state index in [1.165, 1.54) is 7.11 Å². The Morgan fingerprint density at radius 2 is 1.74 bits per heavy atom. The fourth-order valence-electron chi connectivity index (χ4n) is 3.85. The standard InChI is InChI=1S/C21H34N2O4/c1-5-12-23(15-11-21(24)27-4)17-9-13-22(14-10-17)16-18-19(25-2)7-6-8-20(18)26-3/h6-8,17H,5,9-16H2,1-4H3. The number of ether oxygens (including phenoxy) is 3. The molecule has 1 aromatic carbocycles. The van der Waals surface area contributed by atoms with E-state index < -0.39 is 0 Å². The Kier molecular flexibility index (Phi) is 8.88. The second kappa shape index (κ2) is 11.1. The van der Waals surface area contributed by atoms with Gasteiger partial charge in [-0.25, -0.2) is 0 Å². The lowest BCUT2D eigenvalue weighted by atomic mass is 10.0. The summed E-state index contributed by atoms with van der Waals surface area (Å²) in [5, 5.41) is 0. The molecule has 1 aliphatic heterocycles. The number of hydrogen-bond acceptors (Lipinski definition) is 6. The van der Waals surface area contributed by atoms with Crippen LogP contribution >= 0.6 is 0 Å². The molecule has 0 atom stereocenters. The highest BCUT2D eigenvalue weighted by Crippen LogP contribution is 2.30. The van der Waals surface area contributed by atoms with E-state index in [1.54, 1.807) is 14.2 Å². The molecule has 0 aromatic heterocycles. The van der Waals surface area contributed by atoms with E-state index in [0.717, 1.165) is 69.0 Å². The molecule has 1 aliphatic rings. The first-order chi connectivity index (χ1) is 13.1. The monoisotopic (exact) mass is 378 g/mol. The molecule has 1 aromatic rings. The zero-order chi connectivity index (χ0) is 19.6. The van der Waals surface area contributed by atoms with Crippen molar-refractivity contribution in [2.24, 2.45) is 0 Å². The zero-order valence-corrected chi connectivity index (χ0v) is 17.2. The maximum atomic E-state index is 11.5. The van der Waals surface area contributed by atoms with Crippen LogP contribution in [0.3, 0.4) is 0 Å². The topological polar surface area (TPSA) is 51.2 Å². The van der Waals surface area contributed by atoms with Gasteiger partial charge in [-0.1, -0.05) is 13.0 Å². The van der Waals surface area contributed by atoms with Crippen molar-refractivity contribution in [3.8, 4) is 11.5 Å². The smallest absolute Gasteiger partial charge is 0.306 e. The van der Waals surface area contributed by atoms with Crippen molar-refractivity contribution in [3.63, 3.8) is 0 Å². The molecule has 0 unspecified atom stereocenters. The van der Waals surface area contributed by atoms with Crippen LogP contribution in [0.5, 0.6) is 11.5 Å². The Labute approximate surface area is 163 Å². The van der Waals surface area contributed by atoms with Gasteiger partial charge in [0.1, 0.15) is 11.5 Å². The summed E-state index contributed by atoms with van der Waals surface area (Å²) in [6, 6.07) is 6.46. The van der Waals surface area contributed by atoms with Crippen LogP contribution in [-0.2, 0) is 16.1 Å². The normalized spacial score (nSPS) is 15.7. The molecule has 2 rings (SSSR count). The molecule has 0 spiro atoms. The summed E-state index contributed by atoms with van der Waals surface area (Å²) < 4.78 is 15.8. The highest BCUT2D eigenvalue weighted by atomic mass is 16.5. The fourth-order valence-corrected chi connectivity index (χ4v) is 3.85. The number of rotatable bonds is 10. The molecule has 152 valence electrons. The molecule has 0 N–H and O–H groups in total. The average molecular weight is 379 g/mol. The average Bonchev–Trinajstić information content (AvgIpc) is 2.71. The quantitative estimate of drug-likeness (QED) is 0.584. The molecule has 0 radical (unpaired) electrons. The molecule has 0 aliphatic carbocycles. The number of benzene rings is 1. The van der Waals surface area contributed by atoms with Gasteiger partial charge in [-0.15, -0.1) is 0 Å². The van der Waals surface area contributed by atoms with Crippen LogP contribution in [-0.4, -0.2) is 69.3 Å². The molecule has 6 nitrogen and oxygen atoms in total. The van der Waals surface area contributed by atoms with Crippen LogP contribution in [0.4, 0.5) is 0 Å². The van der Waals surface area contributed by atoms with Gasteiger partial charge < -0.3 is 14.2 Å². The Bertz CT molecular complexity index is 563. The largest absolute Gasteiger partial charge is 0.496 e. The number of nitrogens with zero attached hydrogens (tertiary/aromatic N) is 2. The lowest BCUT2D eigenvalue weighted by Gasteiger charge is -2.38. The van der Waals surface area contributed by atoms with Gasteiger partial charge in [0.25, 0.3) is 0 Å². The predicted molar refractivity (Wildman–Crippen MR) is 106 cm³/mol. The zero-order valence-electron chi connectivity index (χ0n) is 17.2. The van der Waals surface area contributed by atoms with E-state index in [1.807, 2.05) is 18.2 Å². The number of carbonyl (C=O) groups excluding carboxylic acids is 1. The summed E-state index contributed by atoms with van der Waals surface area (Å²) in [5.41, 5.74) is 1.11. The summed E-state index contributed by atoms with van der Waals surface area (Å²) in [5.74, 6) is 1.63. The van der Waals surface area contributed by atoms with Crippen molar-refractivity contribution in [2.75, 3.05) is 47.5 Å². The maximum absolute atomic E-state index is 11.5. The van der Waals surface area contributed by atoms with E-state index in [9.17, 15) is 4.79 Å². The molecule has 0 bridgehead atoms. The summed E-state index contributed by atoms with van der Waals surface area (Å²) in [6.07, 6.45) is 3.78. The first kappa shape index (κ1) is 21.5. The molecule has 6 heteroatoms. The van der Waals surface area contributed by atoms with E-state index in [-0.39, 0.29) is 5.97 Å². The molecule has 1 saturated heterocycles. The first-order valence-electron chi connectivity index (χ1n) is 9.86. The number of methoxy groups -OCH3 is 3. The van der Waals surface area contributed by atoms with E-state index in [4.69, 9.17) is 14.2 Å². The molecule has 0 saturated carbocycles. The highest BCUT2D eigenvalue weighted by molar-refractivity contribution is 5.69. The second-order valence-electron chi connectivity index (χ2n) is 7.01. The Morgan fingerprint density at radius 1 is 1.11 bits per heavy atom. The highest BCUT2D eigenvalue weighted by Gasteiger charge is 2.25. The minimum absolute atomic E-state index is 0.128.